The van der Waals surface area contributed by atoms with Gasteiger partial charge in [-0.3, -0.25) is 14.3 Å². The minimum atomic E-state index is -1.43. The largest absolute Gasteiger partial charge is 0.593 e. The van der Waals surface area contributed by atoms with Gasteiger partial charge in [0, 0.05) is 56.0 Å². The SMILES string of the molecule is CCCCC(=O)NCCCn1cc(CCC(=O)Nc2cccc([S+]([O-])NCNc3c4c(cc5c3CCC5)CCC4)c2)nn1. The predicted octanol–water partition coefficient (Wildman–Crippen LogP) is 4.21. The Morgan fingerprint density at radius 1 is 1.00 bits per heavy atom. The molecule has 43 heavy (non-hydrogen) atoms. The molecule has 4 N–H and O–H groups in total. The maximum absolute atomic E-state index is 13.0. The van der Waals surface area contributed by atoms with Crippen LogP contribution in [-0.2, 0) is 59.6 Å². The van der Waals surface area contributed by atoms with Gasteiger partial charge in [-0.2, -0.15) is 0 Å². The van der Waals surface area contributed by atoms with Gasteiger partial charge < -0.3 is 20.5 Å². The summed E-state index contributed by atoms with van der Waals surface area (Å²) in [4.78, 5) is 24.9. The zero-order valence-corrected chi connectivity index (χ0v) is 25.9. The maximum atomic E-state index is 13.0. The van der Waals surface area contributed by atoms with Gasteiger partial charge in [-0.25, -0.2) is 0 Å². The van der Waals surface area contributed by atoms with Gasteiger partial charge in [0.2, 0.25) is 11.8 Å². The van der Waals surface area contributed by atoms with E-state index in [-0.39, 0.29) is 18.2 Å². The minimum absolute atomic E-state index is 0.0884. The van der Waals surface area contributed by atoms with Crippen molar-refractivity contribution in [1.29, 1.82) is 0 Å². The molecule has 2 amide bonds. The van der Waals surface area contributed by atoms with Crippen LogP contribution in [0, 0.1) is 0 Å². The molecule has 2 aromatic carbocycles. The Balaban J connectivity index is 1.04. The Bertz CT molecular complexity index is 1380. The van der Waals surface area contributed by atoms with Crippen LogP contribution in [0.15, 0.2) is 41.4 Å². The number of nitrogens with one attached hydrogen (secondary N) is 4. The number of rotatable bonds is 16. The molecular formula is C32H43N7O3S. The second-order valence-corrected chi connectivity index (χ2v) is 12.7. The zero-order valence-electron chi connectivity index (χ0n) is 25.0. The average Bonchev–Trinajstić information content (AvgIpc) is 3.78. The molecule has 230 valence electrons. The van der Waals surface area contributed by atoms with Crippen molar-refractivity contribution in [1.82, 2.24) is 25.0 Å². The highest BCUT2D eigenvalue weighted by Gasteiger charge is 2.24. The number of hydrogen-bond donors (Lipinski definition) is 4. The first-order valence-electron chi connectivity index (χ1n) is 15.6. The van der Waals surface area contributed by atoms with E-state index in [0.717, 1.165) is 50.6 Å². The first-order valence-corrected chi connectivity index (χ1v) is 16.8. The van der Waals surface area contributed by atoms with Gasteiger partial charge in [0.1, 0.15) is 6.67 Å². The maximum Gasteiger partial charge on any atom is 0.224 e. The van der Waals surface area contributed by atoms with Crippen molar-refractivity contribution in [3.63, 3.8) is 0 Å². The molecule has 0 saturated heterocycles. The number of anilines is 2. The smallest absolute Gasteiger partial charge is 0.224 e. The van der Waals surface area contributed by atoms with Crippen LogP contribution in [0.5, 0.6) is 0 Å². The Morgan fingerprint density at radius 2 is 1.79 bits per heavy atom. The summed E-state index contributed by atoms with van der Waals surface area (Å²) in [5, 5.41) is 17.7. The van der Waals surface area contributed by atoms with Crippen LogP contribution in [0.4, 0.5) is 11.4 Å². The second-order valence-electron chi connectivity index (χ2n) is 11.4. The number of hydrogen-bond acceptors (Lipinski definition) is 7. The van der Waals surface area contributed by atoms with Gasteiger partial charge in [-0.15, -0.1) is 9.82 Å². The van der Waals surface area contributed by atoms with Gasteiger partial charge in [0.05, 0.1) is 17.1 Å². The van der Waals surface area contributed by atoms with Crippen molar-refractivity contribution in [2.24, 2.45) is 0 Å². The fourth-order valence-corrected chi connectivity index (χ4v) is 6.72. The van der Waals surface area contributed by atoms with Crippen LogP contribution in [0.2, 0.25) is 0 Å². The summed E-state index contributed by atoms with van der Waals surface area (Å²) in [5.74, 6) is -0.0563. The van der Waals surface area contributed by atoms with E-state index >= 15 is 0 Å². The van der Waals surface area contributed by atoms with Crippen LogP contribution in [0.25, 0.3) is 0 Å². The number of aryl methyl sites for hydroxylation is 4. The van der Waals surface area contributed by atoms with Crippen molar-refractivity contribution < 1.29 is 14.1 Å². The number of unbranched alkanes of at least 4 members (excludes halogenated alkanes) is 1. The highest BCUT2D eigenvalue weighted by molar-refractivity contribution is 7.89. The monoisotopic (exact) mass is 605 g/mol. The number of amides is 2. The fourth-order valence-electron chi connectivity index (χ4n) is 5.91. The van der Waals surface area contributed by atoms with E-state index < -0.39 is 11.4 Å². The molecule has 1 unspecified atom stereocenters. The lowest BCUT2D eigenvalue weighted by Crippen LogP contribution is -2.30. The molecule has 0 radical (unpaired) electrons. The highest BCUT2D eigenvalue weighted by atomic mass is 32.2. The topological polar surface area (TPSA) is 136 Å². The van der Waals surface area contributed by atoms with Crippen LogP contribution in [0.3, 0.4) is 0 Å². The molecule has 11 heteroatoms. The van der Waals surface area contributed by atoms with E-state index in [9.17, 15) is 14.1 Å². The molecular weight excluding hydrogens is 562 g/mol. The molecule has 10 nitrogen and oxygen atoms in total. The van der Waals surface area contributed by atoms with Crippen LogP contribution >= 0.6 is 0 Å². The van der Waals surface area contributed by atoms with Gasteiger partial charge in [0.15, 0.2) is 4.90 Å². The first kappa shape index (κ1) is 31.0. The zero-order chi connectivity index (χ0) is 30.0. The number of nitrogens with zero attached hydrogens (tertiary/aromatic N) is 3. The summed E-state index contributed by atoms with van der Waals surface area (Å²) in [6.45, 7) is 3.72. The third-order valence-corrected chi connectivity index (χ3v) is 9.20. The Labute approximate surface area is 257 Å². The first-order chi connectivity index (χ1) is 21.0. The number of fused-ring (bicyclic) bond motifs is 2. The molecule has 0 saturated carbocycles. The summed E-state index contributed by atoms with van der Waals surface area (Å²) in [6.07, 6.45) is 12.7. The van der Waals surface area contributed by atoms with E-state index in [1.165, 1.54) is 40.8 Å². The summed E-state index contributed by atoms with van der Waals surface area (Å²) in [6, 6.07) is 9.55. The van der Waals surface area contributed by atoms with E-state index in [0.29, 0.717) is 43.2 Å². The lowest BCUT2D eigenvalue weighted by Gasteiger charge is -2.18. The third-order valence-electron chi connectivity index (χ3n) is 8.11. The Morgan fingerprint density at radius 3 is 2.56 bits per heavy atom. The van der Waals surface area contributed by atoms with Gasteiger partial charge in [-0.1, -0.05) is 30.7 Å². The molecule has 1 heterocycles. The summed E-state index contributed by atoms with van der Waals surface area (Å²) >= 11 is -1.43. The van der Waals surface area contributed by atoms with Crippen LogP contribution in [0.1, 0.15) is 79.8 Å². The van der Waals surface area contributed by atoms with Crippen LogP contribution < -0.4 is 20.7 Å². The molecule has 3 aromatic rings. The van der Waals surface area contributed by atoms with Gasteiger partial charge in [-0.05, 0) is 85.8 Å². The molecule has 1 atom stereocenters. The normalized spacial score (nSPS) is 14.3. The van der Waals surface area contributed by atoms with Gasteiger partial charge in [0.25, 0.3) is 0 Å². The molecule has 2 aliphatic carbocycles. The van der Waals surface area contributed by atoms with E-state index in [2.05, 4.69) is 44.0 Å². The average molecular weight is 606 g/mol. The quantitative estimate of drug-likeness (QED) is 0.109. The predicted molar refractivity (Wildman–Crippen MR) is 169 cm³/mol. The fraction of sp³-hybridized carbons (Fsp3) is 0.500. The molecule has 0 aliphatic heterocycles. The number of aromatic nitrogens is 3. The summed E-state index contributed by atoms with van der Waals surface area (Å²) in [5.41, 5.74) is 8.40. The van der Waals surface area contributed by atoms with Crippen molar-refractivity contribution >= 4 is 34.6 Å². The minimum Gasteiger partial charge on any atom is -0.593 e. The van der Waals surface area contributed by atoms with Crippen LogP contribution in [-0.4, -0.2) is 44.6 Å². The number of carbonyl (C=O) groups is 2. The van der Waals surface area contributed by atoms with E-state index in [1.807, 2.05) is 6.20 Å². The Hall–Kier alpha value is -3.41. The Kier molecular flexibility index (Phi) is 11.1. The molecule has 5 rings (SSSR count). The highest BCUT2D eigenvalue weighted by Crippen LogP contribution is 2.38. The number of carbonyl (C=O) groups excluding carboxylic acids is 2. The van der Waals surface area contributed by atoms with E-state index in [1.54, 1.807) is 28.9 Å². The number of benzene rings is 2. The second kappa shape index (κ2) is 15.4. The molecule has 0 spiro atoms. The molecule has 2 aliphatic rings. The molecule has 0 bridgehead atoms. The lowest BCUT2D eigenvalue weighted by molar-refractivity contribution is -0.121. The summed E-state index contributed by atoms with van der Waals surface area (Å²) in [7, 11) is 0. The van der Waals surface area contributed by atoms with Crippen molar-refractivity contribution in [3.8, 4) is 0 Å². The summed E-state index contributed by atoms with van der Waals surface area (Å²) < 4.78 is 17.9. The van der Waals surface area contributed by atoms with Crippen molar-refractivity contribution in [3.05, 3.63) is 64.5 Å². The molecule has 1 aromatic heterocycles. The third kappa shape index (κ3) is 8.58. The van der Waals surface area contributed by atoms with Gasteiger partial charge >= 0.3 is 0 Å². The van der Waals surface area contributed by atoms with Crippen molar-refractivity contribution in [2.75, 3.05) is 23.8 Å². The van der Waals surface area contributed by atoms with E-state index in [4.69, 9.17) is 0 Å². The lowest BCUT2D eigenvalue weighted by atomic mass is 9.99. The van der Waals surface area contributed by atoms with Crippen molar-refractivity contribution in [2.45, 2.75) is 95.4 Å². The molecule has 0 fully saturated rings. The standard InChI is InChI=1S/C32H43N7O3S/c1-2-3-14-30(40)33-17-7-18-39-21-26(37-38-39)15-16-31(41)36-25-10-6-11-27(20-25)43(42)35-22-34-32-28-12-4-8-23(28)19-24-9-5-13-29(24)32/h6,10-11,19-21,34-35H,2-5,7-9,12-18,22H2,1H3,(H,33,40)(H,36,41).